The lowest BCUT2D eigenvalue weighted by atomic mass is 9.73. The third-order valence-electron chi connectivity index (χ3n) is 15.7. The SMILES string of the molecule is C=C[C@@H]1C[C@]1(CC(=O)[C@@H]1C[C@@]2(CN1C(=O)[C@@H](CC(=O)[C@@H](NC(=O)[C@H]1CCN1C(C)C)C(C)(C)C)C(C)(C)C)C(C)(C)C21CCC1)C(=O)NS(=O)(=O)N1CCCC1. The third kappa shape index (κ3) is 6.90. The van der Waals surface area contributed by atoms with Crippen LogP contribution < -0.4 is 10.0 Å². The molecule has 12 nitrogen and oxygen atoms in total. The summed E-state index contributed by atoms with van der Waals surface area (Å²) in [6.45, 7) is 26.0. The molecule has 6 aliphatic rings. The quantitative estimate of drug-likeness (QED) is 0.232. The Kier molecular flexibility index (Phi) is 10.9. The maximum Gasteiger partial charge on any atom is 0.303 e. The van der Waals surface area contributed by atoms with E-state index in [9.17, 15) is 27.6 Å². The summed E-state index contributed by atoms with van der Waals surface area (Å²) in [5, 5.41) is 3.08. The fraction of sp³-hybridized carbons (Fsp3) is 0.837. The standard InChI is InChI=1S/C43H69N5O7S/c1-12-28-23-41(28,37(53)45-56(54,55)46-19-13-14-20-46)25-33(50)31-24-43(40(10,11)42(43)17-15-18-42)26-48(31)36(52)29(38(4,5)6)22-32(49)34(39(7,8)9)44-35(51)30-16-21-47(30)27(2)3/h12,27-31,34H,1,13-26H2,2-11H3,(H,44,51)(H,45,53)/t28-,29-,30-,31+,34-,41-,43-/m1/s1. The van der Waals surface area contributed by atoms with Crippen molar-refractivity contribution in [2.24, 2.45) is 44.3 Å². The maximum atomic E-state index is 15.2. The van der Waals surface area contributed by atoms with Crippen LogP contribution in [0.3, 0.4) is 0 Å². The van der Waals surface area contributed by atoms with Crippen molar-refractivity contribution >= 4 is 39.5 Å². The van der Waals surface area contributed by atoms with Gasteiger partial charge in [0.1, 0.15) is 0 Å². The van der Waals surface area contributed by atoms with Crippen LogP contribution in [0.4, 0.5) is 0 Å². The normalized spacial score (nSPS) is 32.1. The highest BCUT2D eigenvalue weighted by Gasteiger charge is 2.85. The molecule has 3 saturated carbocycles. The Morgan fingerprint density at radius 3 is 1.95 bits per heavy atom. The van der Waals surface area contributed by atoms with E-state index in [2.05, 4.69) is 49.2 Å². The van der Waals surface area contributed by atoms with Crippen LogP contribution in [0.1, 0.15) is 133 Å². The molecule has 3 amide bonds. The summed E-state index contributed by atoms with van der Waals surface area (Å²) in [6, 6.07) is -1.72. The molecule has 0 unspecified atom stereocenters. The summed E-state index contributed by atoms with van der Waals surface area (Å²) in [6.07, 6.45) is 7.46. The molecule has 0 aromatic rings. The van der Waals surface area contributed by atoms with Crippen molar-refractivity contribution in [3.63, 3.8) is 0 Å². The van der Waals surface area contributed by atoms with Crippen molar-refractivity contribution in [1.29, 1.82) is 0 Å². The van der Waals surface area contributed by atoms with Gasteiger partial charge in [-0.15, -0.1) is 6.58 Å². The summed E-state index contributed by atoms with van der Waals surface area (Å²) < 4.78 is 29.9. The molecule has 6 rings (SSSR count). The number of amides is 3. The number of allylic oxidation sites excluding steroid dienone is 1. The van der Waals surface area contributed by atoms with Gasteiger partial charge in [0, 0.05) is 56.4 Å². The highest BCUT2D eigenvalue weighted by molar-refractivity contribution is 7.87. The van der Waals surface area contributed by atoms with Crippen LogP contribution in [0.15, 0.2) is 12.7 Å². The predicted octanol–water partition coefficient (Wildman–Crippen LogP) is 5.03. The van der Waals surface area contributed by atoms with Gasteiger partial charge in [-0.05, 0) is 86.4 Å². The van der Waals surface area contributed by atoms with Crippen molar-refractivity contribution in [3.05, 3.63) is 12.7 Å². The van der Waals surface area contributed by atoms with Crippen molar-refractivity contribution in [3.8, 4) is 0 Å². The van der Waals surface area contributed by atoms with Gasteiger partial charge in [-0.2, -0.15) is 12.7 Å². The summed E-state index contributed by atoms with van der Waals surface area (Å²) in [5.74, 6) is -2.73. The second-order valence-electron chi connectivity index (χ2n) is 21.2. The summed E-state index contributed by atoms with van der Waals surface area (Å²) in [4.78, 5) is 75.7. The smallest absolute Gasteiger partial charge is 0.303 e. The first kappa shape index (κ1) is 43.0. The van der Waals surface area contributed by atoms with E-state index in [-0.39, 0.29) is 70.5 Å². The lowest BCUT2D eigenvalue weighted by Crippen LogP contribution is -2.62. The molecule has 0 aromatic heterocycles. The number of fused-ring (bicyclic) bond motifs is 1. The molecule has 0 radical (unpaired) electrons. The number of Topliss-reactive ketones (excluding diaryl/α,β-unsaturated/α-hetero) is 2. The van der Waals surface area contributed by atoms with Crippen LogP contribution in [0.2, 0.25) is 0 Å². The van der Waals surface area contributed by atoms with Crippen LogP contribution in [-0.2, 0) is 34.2 Å². The van der Waals surface area contributed by atoms with Gasteiger partial charge in [0.25, 0.3) is 0 Å². The van der Waals surface area contributed by atoms with E-state index in [0.717, 1.165) is 45.1 Å². The monoisotopic (exact) mass is 799 g/mol. The van der Waals surface area contributed by atoms with E-state index in [1.54, 1.807) is 11.0 Å². The Bertz CT molecular complexity index is 1750. The highest BCUT2D eigenvalue weighted by Crippen LogP contribution is 2.88. The first-order valence-electron chi connectivity index (χ1n) is 21.2. The second kappa shape index (κ2) is 14.3. The van der Waals surface area contributed by atoms with E-state index in [4.69, 9.17) is 0 Å². The predicted molar refractivity (Wildman–Crippen MR) is 215 cm³/mol. The topological polar surface area (TPSA) is 153 Å². The maximum absolute atomic E-state index is 15.2. The molecule has 13 heteroatoms. The van der Waals surface area contributed by atoms with E-state index in [0.29, 0.717) is 32.5 Å². The van der Waals surface area contributed by atoms with Gasteiger partial charge >= 0.3 is 10.2 Å². The van der Waals surface area contributed by atoms with Gasteiger partial charge in [0.2, 0.25) is 17.7 Å². The third-order valence-corrected chi connectivity index (χ3v) is 17.2. The molecule has 2 spiro atoms. The molecule has 7 atom stereocenters. The number of nitrogens with zero attached hydrogens (tertiary/aromatic N) is 3. The minimum Gasteiger partial charge on any atom is -0.344 e. The van der Waals surface area contributed by atoms with E-state index in [1.807, 2.05) is 41.5 Å². The fourth-order valence-corrected chi connectivity index (χ4v) is 12.9. The van der Waals surface area contributed by atoms with Crippen LogP contribution in [0, 0.1) is 44.3 Å². The Labute approximate surface area is 335 Å². The van der Waals surface area contributed by atoms with Gasteiger partial charge < -0.3 is 10.2 Å². The van der Waals surface area contributed by atoms with Crippen molar-refractivity contribution in [2.45, 2.75) is 158 Å². The van der Waals surface area contributed by atoms with Gasteiger partial charge in [0.05, 0.1) is 23.5 Å². The minimum absolute atomic E-state index is 0.0235. The Hall–Kier alpha value is -2.64. The zero-order chi connectivity index (χ0) is 41.6. The first-order chi connectivity index (χ1) is 25.8. The molecule has 6 fully saturated rings. The molecule has 2 N–H and O–H groups in total. The van der Waals surface area contributed by atoms with Gasteiger partial charge in [-0.1, -0.05) is 67.9 Å². The summed E-state index contributed by atoms with van der Waals surface area (Å²) >= 11 is 0. The van der Waals surface area contributed by atoms with Crippen molar-refractivity contribution in [2.75, 3.05) is 26.2 Å². The van der Waals surface area contributed by atoms with Crippen molar-refractivity contribution < 1.29 is 32.4 Å². The lowest BCUT2D eigenvalue weighted by molar-refractivity contribution is -0.147. The molecule has 3 aliphatic carbocycles. The summed E-state index contributed by atoms with van der Waals surface area (Å²) in [5.41, 5.74) is -2.88. The number of hydrogen-bond donors (Lipinski definition) is 2. The number of rotatable bonds is 14. The van der Waals surface area contributed by atoms with Gasteiger partial charge in [-0.25, -0.2) is 4.72 Å². The molecular formula is C43H69N5O7S. The van der Waals surface area contributed by atoms with Gasteiger partial charge in [0.15, 0.2) is 11.6 Å². The molecular weight excluding hydrogens is 731 g/mol. The first-order valence-corrected chi connectivity index (χ1v) is 22.6. The Balaban J connectivity index is 1.27. The van der Waals surface area contributed by atoms with Crippen molar-refractivity contribution in [1.82, 2.24) is 24.1 Å². The minimum atomic E-state index is -4.06. The molecule has 0 aromatic carbocycles. The van der Waals surface area contributed by atoms with E-state index >= 15 is 4.79 Å². The molecule has 3 heterocycles. The highest BCUT2D eigenvalue weighted by atomic mass is 32.2. The molecule has 0 bridgehead atoms. The number of hydrogen-bond acceptors (Lipinski definition) is 8. The Morgan fingerprint density at radius 1 is 0.875 bits per heavy atom. The summed E-state index contributed by atoms with van der Waals surface area (Å²) in [7, 11) is -4.06. The number of carbonyl (C=O) groups is 5. The van der Waals surface area contributed by atoms with E-state index in [1.165, 1.54) is 4.31 Å². The van der Waals surface area contributed by atoms with Crippen LogP contribution >= 0.6 is 0 Å². The largest absolute Gasteiger partial charge is 0.344 e. The molecule has 56 heavy (non-hydrogen) atoms. The number of nitrogens with one attached hydrogen (secondary N) is 2. The lowest BCUT2D eigenvalue weighted by Gasteiger charge is -2.44. The number of ketones is 2. The zero-order valence-electron chi connectivity index (χ0n) is 35.8. The van der Waals surface area contributed by atoms with Crippen LogP contribution in [0.5, 0.6) is 0 Å². The number of carbonyl (C=O) groups excluding carboxylic acids is 5. The fourth-order valence-electron chi connectivity index (χ4n) is 11.6. The Morgan fingerprint density at radius 2 is 1.50 bits per heavy atom. The van der Waals surface area contributed by atoms with E-state index < -0.39 is 50.4 Å². The van der Waals surface area contributed by atoms with Gasteiger partial charge in [-0.3, -0.25) is 28.9 Å². The second-order valence-corrected chi connectivity index (χ2v) is 22.9. The molecule has 314 valence electrons. The molecule has 3 saturated heterocycles. The average Bonchev–Trinajstić information content (AvgIpc) is 3.51. The average molecular weight is 800 g/mol. The molecule has 3 aliphatic heterocycles. The number of likely N-dealkylation sites (tertiary alicyclic amines) is 2. The van der Waals surface area contributed by atoms with Crippen LogP contribution in [-0.4, -0.2) is 102 Å². The zero-order valence-corrected chi connectivity index (χ0v) is 36.6. The van der Waals surface area contributed by atoms with Crippen LogP contribution in [0.25, 0.3) is 0 Å².